The molecule has 18 heavy (non-hydrogen) atoms. The second-order valence-corrected chi connectivity index (χ2v) is 5.29. The predicted octanol–water partition coefficient (Wildman–Crippen LogP) is 3.13. The van der Waals surface area contributed by atoms with Crippen molar-refractivity contribution in [2.45, 2.75) is 77.5 Å². The normalized spacial score (nSPS) is 23.2. The molecule has 0 aromatic carbocycles. The topological polar surface area (TPSA) is 30.5 Å². The van der Waals surface area contributed by atoms with E-state index in [4.69, 9.17) is 9.47 Å². The molecule has 1 fully saturated rings. The minimum Gasteiger partial charge on any atom is -0.378 e. The lowest BCUT2D eigenvalue weighted by molar-refractivity contribution is 0.0422. The first-order valence-corrected chi connectivity index (χ1v) is 7.74. The lowest BCUT2D eigenvalue weighted by Gasteiger charge is -2.25. The van der Waals surface area contributed by atoms with Gasteiger partial charge in [-0.05, 0) is 58.9 Å². The van der Waals surface area contributed by atoms with Crippen LogP contribution in [0.3, 0.4) is 0 Å². The van der Waals surface area contributed by atoms with Crippen LogP contribution < -0.4 is 5.32 Å². The predicted molar refractivity (Wildman–Crippen MR) is 76.0 cm³/mol. The van der Waals surface area contributed by atoms with Crippen molar-refractivity contribution in [2.75, 3.05) is 19.8 Å². The van der Waals surface area contributed by atoms with Crippen molar-refractivity contribution >= 4 is 0 Å². The van der Waals surface area contributed by atoms with Gasteiger partial charge >= 0.3 is 0 Å². The van der Waals surface area contributed by atoms with Gasteiger partial charge in [0.2, 0.25) is 0 Å². The molecule has 0 radical (unpaired) electrons. The van der Waals surface area contributed by atoms with E-state index in [0.29, 0.717) is 18.2 Å². The zero-order valence-electron chi connectivity index (χ0n) is 12.4. The van der Waals surface area contributed by atoms with Crippen LogP contribution in [0.1, 0.15) is 59.3 Å². The van der Waals surface area contributed by atoms with E-state index in [0.717, 1.165) is 19.8 Å². The van der Waals surface area contributed by atoms with Crippen molar-refractivity contribution in [3.8, 4) is 0 Å². The van der Waals surface area contributed by atoms with Gasteiger partial charge in [0, 0.05) is 19.3 Å². The van der Waals surface area contributed by atoms with Gasteiger partial charge in [-0.2, -0.15) is 0 Å². The van der Waals surface area contributed by atoms with Gasteiger partial charge in [0.05, 0.1) is 12.2 Å². The Bertz CT molecular complexity index is 193. The van der Waals surface area contributed by atoms with E-state index >= 15 is 0 Å². The molecule has 1 aliphatic rings. The van der Waals surface area contributed by atoms with Gasteiger partial charge in [0.25, 0.3) is 0 Å². The second kappa shape index (κ2) is 9.76. The Kier molecular flexibility index (Phi) is 8.64. The van der Waals surface area contributed by atoms with Crippen LogP contribution >= 0.6 is 0 Å². The fraction of sp³-hybridized carbons (Fsp3) is 1.00. The molecule has 3 nitrogen and oxygen atoms in total. The fourth-order valence-electron chi connectivity index (χ4n) is 2.65. The van der Waals surface area contributed by atoms with E-state index in [9.17, 15) is 0 Å². The summed E-state index contributed by atoms with van der Waals surface area (Å²) in [5.74, 6) is 0. The maximum atomic E-state index is 5.73. The van der Waals surface area contributed by atoms with Crippen molar-refractivity contribution in [3.05, 3.63) is 0 Å². The van der Waals surface area contributed by atoms with Crippen molar-refractivity contribution in [2.24, 2.45) is 0 Å². The molecule has 1 heterocycles. The third-order valence-electron chi connectivity index (χ3n) is 3.72. The minimum atomic E-state index is 0.311. The first-order valence-electron chi connectivity index (χ1n) is 7.74. The van der Waals surface area contributed by atoms with Crippen LogP contribution in [0.4, 0.5) is 0 Å². The summed E-state index contributed by atoms with van der Waals surface area (Å²) in [4.78, 5) is 0. The van der Waals surface area contributed by atoms with Crippen LogP contribution in [0.15, 0.2) is 0 Å². The molecule has 1 aliphatic heterocycles. The fourth-order valence-corrected chi connectivity index (χ4v) is 2.65. The highest BCUT2D eigenvalue weighted by atomic mass is 16.5. The van der Waals surface area contributed by atoms with Gasteiger partial charge in [-0.1, -0.05) is 6.92 Å². The number of ether oxygens (including phenoxy) is 2. The Hall–Kier alpha value is -0.120. The molecule has 0 amide bonds. The van der Waals surface area contributed by atoms with Gasteiger partial charge in [-0.3, -0.25) is 0 Å². The molecular formula is C15H31NO2. The van der Waals surface area contributed by atoms with Crippen LogP contribution in [0.5, 0.6) is 0 Å². The summed E-state index contributed by atoms with van der Waals surface area (Å²) in [6.45, 7) is 9.32. The molecule has 3 atom stereocenters. The average Bonchev–Trinajstić information content (AvgIpc) is 2.86. The van der Waals surface area contributed by atoms with Gasteiger partial charge < -0.3 is 14.8 Å². The zero-order chi connectivity index (χ0) is 13.2. The highest BCUT2D eigenvalue weighted by Gasteiger charge is 2.19. The maximum Gasteiger partial charge on any atom is 0.0699 e. The lowest BCUT2D eigenvalue weighted by Crippen LogP contribution is -2.40. The van der Waals surface area contributed by atoms with E-state index in [2.05, 4.69) is 26.1 Å². The SMILES string of the molecule is CCCNC(CCCC1CCCO1)C(C)OCC. The third kappa shape index (κ3) is 6.17. The second-order valence-electron chi connectivity index (χ2n) is 5.29. The molecule has 108 valence electrons. The molecule has 1 saturated heterocycles. The number of hydrogen-bond donors (Lipinski definition) is 1. The molecule has 0 aromatic rings. The largest absolute Gasteiger partial charge is 0.378 e. The average molecular weight is 257 g/mol. The molecule has 0 spiro atoms. The summed E-state index contributed by atoms with van der Waals surface area (Å²) in [6.07, 6.45) is 8.17. The highest BCUT2D eigenvalue weighted by molar-refractivity contribution is 4.75. The Morgan fingerprint density at radius 2 is 2.22 bits per heavy atom. The lowest BCUT2D eigenvalue weighted by atomic mass is 10.0. The van der Waals surface area contributed by atoms with Crippen molar-refractivity contribution in [1.82, 2.24) is 5.32 Å². The summed E-state index contributed by atoms with van der Waals surface area (Å²) < 4.78 is 11.4. The zero-order valence-corrected chi connectivity index (χ0v) is 12.4. The van der Waals surface area contributed by atoms with E-state index < -0.39 is 0 Å². The Morgan fingerprint density at radius 1 is 1.39 bits per heavy atom. The quantitative estimate of drug-likeness (QED) is 0.652. The summed E-state index contributed by atoms with van der Waals surface area (Å²) in [6, 6.07) is 0.492. The van der Waals surface area contributed by atoms with Crippen LogP contribution in [-0.4, -0.2) is 38.0 Å². The van der Waals surface area contributed by atoms with Crippen molar-refractivity contribution in [1.29, 1.82) is 0 Å². The van der Waals surface area contributed by atoms with Crippen LogP contribution in [0, 0.1) is 0 Å². The van der Waals surface area contributed by atoms with Crippen molar-refractivity contribution < 1.29 is 9.47 Å². The number of hydrogen-bond acceptors (Lipinski definition) is 3. The Morgan fingerprint density at radius 3 is 2.83 bits per heavy atom. The van der Waals surface area contributed by atoms with Gasteiger partial charge in [0.15, 0.2) is 0 Å². The van der Waals surface area contributed by atoms with Crippen LogP contribution in [0.25, 0.3) is 0 Å². The molecule has 1 rings (SSSR count). The van der Waals surface area contributed by atoms with Crippen LogP contribution in [0.2, 0.25) is 0 Å². The summed E-state index contributed by atoms with van der Waals surface area (Å²) in [5, 5.41) is 3.61. The monoisotopic (exact) mass is 257 g/mol. The Labute approximate surface area is 113 Å². The van der Waals surface area contributed by atoms with E-state index in [1.165, 1.54) is 38.5 Å². The minimum absolute atomic E-state index is 0.311. The molecular weight excluding hydrogens is 226 g/mol. The molecule has 0 bridgehead atoms. The molecule has 3 unspecified atom stereocenters. The molecule has 3 heteroatoms. The van der Waals surface area contributed by atoms with Crippen molar-refractivity contribution in [3.63, 3.8) is 0 Å². The smallest absolute Gasteiger partial charge is 0.0699 e. The molecule has 0 saturated carbocycles. The van der Waals surface area contributed by atoms with Gasteiger partial charge in [-0.25, -0.2) is 0 Å². The molecule has 1 N–H and O–H groups in total. The van der Waals surface area contributed by atoms with Gasteiger partial charge in [-0.15, -0.1) is 0 Å². The summed E-state index contributed by atoms with van der Waals surface area (Å²) in [7, 11) is 0. The molecule has 0 aromatic heterocycles. The number of rotatable bonds is 10. The summed E-state index contributed by atoms with van der Waals surface area (Å²) >= 11 is 0. The first kappa shape index (κ1) is 15.9. The maximum absolute atomic E-state index is 5.73. The van der Waals surface area contributed by atoms with Crippen LogP contribution in [-0.2, 0) is 9.47 Å². The standard InChI is InChI=1S/C15H31NO2/c1-4-11-16-15(13(3)17-5-2)10-6-8-14-9-7-12-18-14/h13-16H,4-12H2,1-3H3. The third-order valence-corrected chi connectivity index (χ3v) is 3.72. The van der Waals surface area contributed by atoms with E-state index in [-0.39, 0.29) is 0 Å². The highest BCUT2D eigenvalue weighted by Crippen LogP contribution is 2.19. The molecule has 0 aliphatic carbocycles. The Balaban J connectivity index is 2.20. The van der Waals surface area contributed by atoms with E-state index in [1.54, 1.807) is 0 Å². The van der Waals surface area contributed by atoms with E-state index in [1.807, 2.05) is 0 Å². The van der Waals surface area contributed by atoms with Gasteiger partial charge in [0.1, 0.15) is 0 Å². The number of nitrogens with one attached hydrogen (secondary N) is 1. The first-order chi connectivity index (χ1) is 8.77. The summed E-state index contributed by atoms with van der Waals surface area (Å²) in [5.41, 5.74) is 0.